The van der Waals surface area contributed by atoms with Gasteiger partial charge in [0.05, 0.1) is 6.61 Å². The highest BCUT2D eigenvalue weighted by atomic mass is 16.3. The van der Waals surface area contributed by atoms with Gasteiger partial charge in [-0.15, -0.1) is 0 Å². The predicted octanol–water partition coefficient (Wildman–Crippen LogP) is 0.865. The van der Waals surface area contributed by atoms with E-state index in [2.05, 4.69) is 6.58 Å². The lowest BCUT2D eigenvalue weighted by Gasteiger charge is -2.13. The van der Waals surface area contributed by atoms with Gasteiger partial charge in [-0.2, -0.15) is 0 Å². The molecule has 0 amide bonds. The molecule has 1 nitrogen and oxygen atoms in total. The molecule has 0 heterocycles. The summed E-state index contributed by atoms with van der Waals surface area (Å²) >= 11 is 0. The summed E-state index contributed by atoms with van der Waals surface area (Å²) in [5.74, 6) is 0. The minimum atomic E-state index is 0.207. The maximum Gasteiger partial charge on any atom is 0.0648 e. The molecule has 0 aliphatic heterocycles. The van der Waals surface area contributed by atoms with Crippen LogP contribution in [0.1, 0.15) is 6.42 Å². The molecule has 0 atom stereocenters. The molecule has 0 saturated carbocycles. The van der Waals surface area contributed by atoms with Crippen molar-refractivity contribution in [3.8, 4) is 0 Å². The third kappa shape index (κ3) is 0.722. The van der Waals surface area contributed by atoms with E-state index < -0.39 is 0 Å². The van der Waals surface area contributed by atoms with Gasteiger partial charge in [0.25, 0.3) is 0 Å². The van der Waals surface area contributed by atoms with Crippen LogP contribution in [0, 0.1) is 0 Å². The van der Waals surface area contributed by atoms with Crippen LogP contribution in [-0.2, 0) is 0 Å². The molecule has 0 aromatic rings. The smallest absolute Gasteiger partial charge is 0.0648 e. The van der Waals surface area contributed by atoms with E-state index in [-0.39, 0.29) is 6.61 Å². The van der Waals surface area contributed by atoms with Crippen LogP contribution in [0.5, 0.6) is 0 Å². The first-order valence-corrected chi connectivity index (χ1v) is 2.31. The number of aliphatic hydroxyl groups is 1. The first kappa shape index (κ1) is 4.60. The molecular weight excluding hydrogens is 88.1 g/mol. The fourth-order valence-corrected chi connectivity index (χ4v) is 0.653. The summed E-state index contributed by atoms with van der Waals surface area (Å²) in [4.78, 5) is 0. The predicted molar refractivity (Wildman–Crippen MR) is 28.9 cm³/mol. The van der Waals surface area contributed by atoms with Crippen LogP contribution in [0.3, 0.4) is 0 Å². The summed E-state index contributed by atoms with van der Waals surface area (Å²) in [7, 11) is 0. The van der Waals surface area contributed by atoms with Gasteiger partial charge in [-0.3, -0.25) is 0 Å². The number of aliphatic hydroxyl groups excluding tert-OH is 1. The molecule has 1 heteroatoms. The van der Waals surface area contributed by atoms with E-state index in [1.165, 1.54) is 0 Å². The van der Waals surface area contributed by atoms with E-state index in [9.17, 15) is 0 Å². The number of allylic oxidation sites excluding steroid dienone is 2. The normalized spacial score (nSPS) is 18.4. The van der Waals surface area contributed by atoms with Crippen LogP contribution in [0.2, 0.25) is 0 Å². The largest absolute Gasteiger partial charge is 0.392 e. The summed E-state index contributed by atoms with van der Waals surface area (Å²) in [5, 5.41) is 8.39. The van der Waals surface area contributed by atoms with Crippen molar-refractivity contribution in [2.45, 2.75) is 6.42 Å². The molecule has 1 aliphatic carbocycles. The van der Waals surface area contributed by atoms with Crippen LogP contribution in [0.4, 0.5) is 0 Å². The highest BCUT2D eigenvalue weighted by molar-refractivity contribution is 5.36. The second-order valence-electron chi connectivity index (χ2n) is 1.80. The van der Waals surface area contributed by atoms with Crippen molar-refractivity contribution in [1.82, 2.24) is 0 Å². The molecule has 1 rings (SSSR count). The van der Waals surface area contributed by atoms with Crippen molar-refractivity contribution in [3.05, 3.63) is 23.8 Å². The number of hydrogen-bond donors (Lipinski definition) is 1. The van der Waals surface area contributed by atoms with Gasteiger partial charge in [0.1, 0.15) is 0 Å². The van der Waals surface area contributed by atoms with Gasteiger partial charge in [-0.25, -0.2) is 0 Å². The molecule has 38 valence electrons. The van der Waals surface area contributed by atoms with E-state index in [4.69, 9.17) is 5.11 Å². The molecule has 0 aromatic carbocycles. The van der Waals surface area contributed by atoms with Crippen molar-refractivity contribution in [1.29, 1.82) is 0 Å². The molecule has 0 unspecified atom stereocenters. The molecule has 7 heavy (non-hydrogen) atoms. The van der Waals surface area contributed by atoms with Gasteiger partial charge < -0.3 is 5.11 Å². The average Bonchev–Trinajstić information content (AvgIpc) is 1.58. The SMILES string of the molecule is C=C1C=C(CO)C1. The molecule has 1 aliphatic rings. The van der Waals surface area contributed by atoms with E-state index >= 15 is 0 Å². The zero-order valence-electron chi connectivity index (χ0n) is 4.15. The number of rotatable bonds is 1. The summed E-state index contributed by atoms with van der Waals surface area (Å²) in [6.07, 6.45) is 2.83. The van der Waals surface area contributed by atoms with Crippen LogP contribution < -0.4 is 0 Å². The zero-order chi connectivity index (χ0) is 5.28. The summed E-state index contributed by atoms with van der Waals surface area (Å²) in [5.41, 5.74) is 2.23. The van der Waals surface area contributed by atoms with Crippen molar-refractivity contribution < 1.29 is 5.11 Å². The van der Waals surface area contributed by atoms with Crippen molar-refractivity contribution in [2.24, 2.45) is 0 Å². The Morgan fingerprint density at radius 3 is 2.57 bits per heavy atom. The quantitative estimate of drug-likeness (QED) is 0.513. The Morgan fingerprint density at radius 2 is 2.43 bits per heavy atom. The Hall–Kier alpha value is -0.560. The van der Waals surface area contributed by atoms with Gasteiger partial charge in [0.2, 0.25) is 0 Å². The molecule has 0 bridgehead atoms. The van der Waals surface area contributed by atoms with E-state index in [0.29, 0.717) is 0 Å². The summed E-state index contributed by atoms with van der Waals surface area (Å²) < 4.78 is 0. The first-order valence-electron chi connectivity index (χ1n) is 2.31. The van der Waals surface area contributed by atoms with Crippen molar-refractivity contribution in [3.63, 3.8) is 0 Å². The summed E-state index contributed by atoms with van der Waals surface area (Å²) in [6, 6.07) is 0. The maximum absolute atomic E-state index is 8.39. The Bertz CT molecular complexity index is 122. The highest BCUT2D eigenvalue weighted by Gasteiger charge is 2.06. The van der Waals surface area contributed by atoms with E-state index in [0.717, 1.165) is 17.6 Å². The Morgan fingerprint density at radius 1 is 1.86 bits per heavy atom. The van der Waals surface area contributed by atoms with Gasteiger partial charge in [0.15, 0.2) is 0 Å². The third-order valence-electron chi connectivity index (χ3n) is 1.07. The molecular formula is C6H8O. The minimum absolute atomic E-state index is 0.207. The first-order chi connectivity index (χ1) is 3.33. The molecule has 0 aromatic heterocycles. The van der Waals surface area contributed by atoms with Crippen LogP contribution in [-0.4, -0.2) is 11.7 Å². The lowest BCUT2D eigenvalue weighted by Crippen LogP contribution is -2.00. The fraction of sp³-hybridized carbons (Fsp3) is 0.333. The number of hydrogen-bond acceptors (Lipinski definition) is 1. The van der Waals surface area contributed by atoms with Crippen LogP contribution in [0.15, 0.2) is 23.8 Å². The zero-order valence-corrected chi connectivity index (χ0v) is 4.15. The van der Waals surface area contributed by atoms with Gasteiger partial charge in [-0.05, 0) is 12.0 Å². The molecule has 0 fully saturated rings. The lowest BCUT2D eigenvalue weighted by atomic mass is 9.95. The Balaban J connectivity index is 2.50. The maximum atomic E-state index is 8.39. The van der Waals surface area contributed by atoms with Gasteiger partial charge >= 0.3 is 0 Å². The topological polar surface area (TPSA) is 20.2 Å². The highest BCUT2D eigenvalue weighted by Crippen LogP contribution is 2.21. The second-order valence-corrected chi connectivity index (χ2v) is 1.80. The standard InChI is InChI=1S/C6H8O/c1-5-2-6(3-5)4-7/h2,7H,1,3-4H2. The summed E-state index contributed by atoms with van der Waals surface area (Å²) in [6.45, 7) is 3.88. The molecule has 0 saturated heterocycles. The molecule has 1 N–H and O–H groups in total. The van der Waals surface area contributed by atoms with Gasteiger partial charge in [0, 0.05) is 0 Å². The van der Waals surface area contributed by atoms with Crippen LogP contribution in [0.25, 0.3) is 0 Å². The Labute approximate surface area is 43.0 Å². The van der Waals surface area contributed by atoms with Crippen LogP contribution >= 0.6 is 0 Å². The third-order valence-corrected chi connectivity index (χ3v) is 1.07. The van der Waals surface area contributed by atoms with E-state index in [1.807, 2.05) is 6.08 Å². The average molecular weight is 96.1 g/mol. The van der Waals surface area contributed by atoms with E-state index in [1.54, 1.807) is 0 Å². The monoisotopic (exact) mass is 96.1 g/mol. The van der Waals surface area contributed by atoms with Crippen molar-refractivity contribution in [2.75, 3.05) is 6.61 Å². The molecule has 0 radical (unpaired) electrons. The van der Waals surface area contributed by atoms with Gasteiger partial charge in [-0.1, -0.05) is 18.2 Å². The fourth-order valence-electron chi connectivity index (χ4n) is 0.653. The molecule has 0 spiro atoms. The Kier molecular flexibility index (Phi) is 0.988. The second kappa shape index (κ2) is 1.51. The lowest BCUT2D eigenvalue weighted by molar-refractivity contribution is 0.325. The van der Waals surface area contributed by atoms with Crippen molar-refractivity contribution >= 4 is 0 Å². The minimum Gasteiger partial charge on any atom is -0.392 e.